The molecule has 1 aromatic rings. The largest absolute Gasteiger partial charge is 0.443 e. The van der Waals surface area contributed by atoms with Crippen LogP contribution < -0.4 is 5.32 Å². The molecule has 4 nitrogen and oxygen atoms in total. The van der Waals surface area contributed by atoms with Gasteiger partial charge >= 0.3 is 0 Å². The second-order valence-corrected chi connectivity index (χ2v) is 4.48. The molecule has 4 heteroatoms. The molecule has 1 aromatic heterocycles. The quantitative estimate of drug-likeness (QED) is 0.847. The Morgan fingerprint density at radius 2 is 2.38 bits per heavy atom. The Kier molecular flexibility index (Phi) is 3.96. The van der Waals surface area contributed by atoms with Gasteiger partial charge in [0.1, 0.15) is 12.4 Å². The minimum atomic E-state index is 0.491. The van der Waals surface area contributed by atoms with Crippen molar-refractivity contribution in [3.63, 3.8) is 0 Å². The van der Waals surface area contributed by atoms with E-state index >= 15 is 0 Å². The van der Waals surface area contributed by atoms with Crippen molar-refractivity contribution in [1.29, 1.82) is 0 Å². The van der Waals surface area contributed by atoms with Crippen molar-refractivity contribution in [2.45, 2.75) is 33.3 Å². The van der Waals surface area contributed by atoms with E-state index in [0.717, 1.165) is 31.2 Å². The third kappa shape index (κ3) is 3.06. The van der Waals surface area contributed by atoms with Gasteiger partial charge in [-0.1, -0.05) is 0 Å². The first-order valence-electron chi connectivity index (χ1n) is 5.97. The highest BCUT2D eigenvalue weighted by Gasteiger charge is 2.13. The van der Waals surface area contributed by atoms with Gasteiger partial charge in [-0.2, -0.15) is 0 Å². The first-order valence-corrected chi connectivity index (χ1v) is 5.97. The molecule has 1 atom stereocenters. The molecule has 1 aliphatic heterocycles. The van der Waals surface area contributed by atoms with Crippen LogP contribution in [0.2, 0.25) is 0 Å². The van der Waals surface area contributed by atoms with E-state index in [-0.39, 0.29) is 0 Å². The maximum absolute atomic E-state index is 5.63. The minimum Gasteiger partial charge on any atom is -0.443 e. The molecule has 1 aliphatic rings. The second kappa shape index (κ2) is 5.46. The average Bonchev–Trinajstić information content (AvgIpc) is 2.60. The van der Waals surface area contributed by atoms with Crippen LogP contribution in [0.3, 0.4) is 0 Å². The molecule has 90 valence electrons. The summed E-state index contributed by atoms with van der Waals surface area (Å²) in [4.78, 5) is 4.29. The van der Waals surface area contributed by atoms with Gasteiger partial charge in [-0.25, -0.2) is 4.98 Å². The molecular weight excluding hydrogens is 204 g/mol. The van der Waals surface area contributed by atoms with Crippen LogP contribution in [0, 0.1) is 19.8 Å². The van der Waals surface area contributed by atoms with Crippen molar-refractivity contribution in [3.05, 3.63) is 17.3 Å². The highest BCUT2D eigenvalue weighted by molar-refractivity contribution is 5.04. The Bertz CT molecular complexity index is 310. The van der Waals surface area contributed by atoms with Crippen LogP contribution in [0.4, 0.5) is 0 Å². The molecular formula is C12H20N2O2. The molecule has 0 bridgehead atoms. The summed E-state index contributed by atoms with van der Waals surface area (Å²) in [6.45, 7) is 7.39. The Labute approximate surface area is 96.4 Å². The summed E-state index contributed by atoms with van der Waals surface area (Å²) in [6, 6.07) is 0. The summed E-state index contributed by atoms with van der Waals surface area (Å²) in [5, 5.41) is 3.38. The second-order valence-electron chi connectivity index (χ2n) is 4.48. The van der Waals surface area contributed by atoms with Gasteiger partial charge in [0.25, 0.3) is 0 Å². The van der Waals surface area contributed by atoms with E-state index in [1.54, 1.807) is 0 Å². The summed E-state index contributed by atoms with van der Waals surface area (Å²) in [5.41, 5.74) is 0.956. The molecule has 0 radical (unpaired) electrons. The maximum atomic E-state index is 5.63. The summed E-state index contributed by atoms with van der Waals surface area (Å²) in [5.74, 6) is 2.22. The van der Waals surface area contributed by atoms with E-state index in [4.69, 9.17) is 9.15 Å². The van der Waals surface area contributed by atoms with Crippen LogP contribution >= 0.6 is 0 Å². The summed E-state index contributed by atoms with van der Waals surface area (Å²) in [7, 11) is 0. The Morgan fingerprint density at radius 3 is 3.00 bits per heavy atom. The number of oxazole rings is 1. The molecule has 1 N–H and O–H groups in total. The van der Waals surface area contributed by atoms with Gasteiger partial charge in [-0.3, -0.25) is 0 Å². The molecule has 0 aliphatic carbocycles. The van der Waals surface area contributed by atoms with Crippen molar-refractivity contribution in [2.24, 2.45) is 5.92 Å². The summed E-state index contributed by atoms with van der Waals surface area (Å²) < 4.78 is 11.1. The number of ether oxygens (including phenoxy) is 1. The SMILES string of the molecule is Cc1nc(COCC2CCCNC2)oc1C. The standard InChI is InChI=1S/C12H20N2O2/c1-9-10(2)16-12(14-9)8-15-7-11-4-3-5-13-6-11/h11,13H,3-8H2,1-2H3. The molecule has 1 unspecified atom stereocenters. The van der Waals surface area contributed by atoms with Crippen LogP contribution in [-0.2, 0) is 11.3 Å². The third-order valence-electron chi connectivity index (χ3n) is 3.05. The predicted octanol–water partition coefficient (Wildman–Crippen LogP) is 1.81. The molecule has 0 saturated carbocycles. The average molecular weight is 224 g/mol. The first-order chi connectivity index (χ1) is 7.75. The number of aryl methyl sites for hydroxylation is 2. The van der Waals surface area contributed by atoms with Gasteiger partial charge in [0.2, 0.25) is 5.89 Å². The van der Waals surface area contributed by atoms with E-state index in [0.29, 0.717) is 18.4 Å². The van der Waals surface area contributed by atoms with Crippen LogP contribution in [0.5, 0.6) is 0 Å². The number of piperidine rings is 1. The van der Waals surface area contributed by atoms with Crippen molar-refractivity contribution >= 4 is 0 Å². The third-order valence-corrected chi connectivity index (χ3v) is 3.05. The predicted molar refractivity (Wildman–Crippen MR) is 61.2 cm³/mol. The van der Waals surface area contributed by atoms with Crippen molar-refractivity contribution in [3.8, 4) is 0 Å². The number of nitrogens with zero attached hydrogens (tertiary/aromatic N) is 1. The fourth-order valence-electron chi connectivity index (χ4n) is 1.98. The zero-order chi connectivity index (χ0) is 11.4. The van der Waals surface area contributed by atoms with E-state index in [2.05, 4.69) is 10.3 Å². The van der Waals surface area contributed by atoms with Crippen molar-refractivity contribution in [1.82, 2.24) is 10.3 Å². The molecule has 1 saturated heterocycles. The smallest absolute Gasteiger partial charge is 0.220 e. The van der Waals surface area contributed by atoms with E-state index in [1.807, 2.05) is 13.8 Å². The zero-order valence-corrected chi connectivity index (χ0v) is 10.1. The van der Waals surface area contributed by atoms with E-state index < -0.39 is 0 Å². The molecule has 2 heterocycles. The fourth-order valence-corrected chi connectivity index (χ4v) is 1.98. The lowest BCUT2D eigenvalue weighted by Crippen LogP contribution is -2.32. The van der Waals surface area contributed by atoms with Crippen molar-refractivity contribution < 1.29 is 9.15 Å². The Morgan fingerprint density at radius 1 is 1.50 bits per heavy atom. The van der Waals surface area contributed by atoms with E-state index in [9.17, 15) is 0 Å². The molecule has 1 fully saturated rings. The first kappa shape index (κ1) is 11.6. The number of nitrogens with one attached hydrogen (secondary N) is 1. The monoisotopic (exact) mass is 224 g/mol. The molecule has 0 spiro atoms. The topological polar surface area (TPSA) is 47.3 Å². The summed E-state index contributed by atoms with van der Waals surface area (Å²) in [6.07, 6.45) is 2.52. The normalized spacial score (nSPS) is 21.2. The summed E-state index contributed by atoms with van der Waals surface area (Å²) >= 11 is 0. The molecule has 2 rings (SSSR count). The minimum absolute atomic E-state index is 0.491. The number of hydrogen-bond donors (Lipinski definition) is 1. The number of aromatic nitrogens is 1. The maximum Gasteiger partial charge on any atom is 0.220 e. The highest BCUT2D eigenvalue weighted by atomic mass is 16.5. The van der Waals surface area contributed by atoms with Crippen LogP contribution in [-0.4, -0.2) is 24.7 Å². The Balaban J connectivity index is 1.71. The van der Waals surface area contributed by atoms with Gasteiger partial charge in [0.15, 0.2) is 0 Å². The zero-order valence-electron chi connectivity index (χ0n) is 10.1. The van der Waals surface area contributed by atoms with Crippen LogP contribution in [0.1, 0.15) is 30.2 Å². The van der Waals surface area contributed by atoms with Gasteiger partial charge < -0.3 is 14.5 Å². The lowest BCUT2D eigenvalue weighted by Gasteiger charge is -2.22. The van der Waals surface area contributed by atoms with Gasteiger partial charge in [-0.15, -0.1) is 0 Å². The van der Waals surface area contributed by atoms with E-state index in [1.165, 1.54) is 12.8 Å². The number of rotatable bonds is 4. The number of hydrogen-bond acceptors (Lipinski definition) is 4. The van der Waals surface area contributed by atoms with Crippen molar-refractivity contribution in [2.75, 3.05) is 19.7 Å². The lowest BCUT2D eigenvalue weighted by atomic mass is 10.0. The molecule has 0 amide bonds. The molecule has 16 heavy (non-hydrogen) atoms. The van der Waals surface area contributed by atoms with Gasteiger partial charge in [0, 0.05) is 6.54 Å². The van der Waals surface area contributed by atoms with Crippen LogP contribution in [0.15, 0.2) is 4.42 Å². The fraction of sp³-hybridized carbons (Fsp3) is 0.750. The lowest BCUT2D eigenvalue weighted by molar-refractivity contribution is 0.0647. The van der Waals surface area contributed by atoms with Crippen LogP contribution in [0.25, 0.3) is 0 Å². The van der Waals surface area contributed by atoms with Gasteiger partial charge in [0.05, 0.1) is 12.3 Å². The molecule has 0 aromatic carbocycles. The highest BCUT2D eigenvalue weighted by Crippen LogP contribution is 2.12. The van der Waals surface area contributed by atoms with Gasteiger partial charge in [-0.05, 0) is 39.2 Å². The Hall–Kier alpha value is -0.870.